The van der Waals surface area contributed by atoms with Crippen molar-refractivity contribution in [2.45, 2.75) is 6.54 Å². The van der Waals surface area contributed by atoms with Crippen LogP contribution < -0.4 is 10.6 Å². The van der Waals surface area contributed by atoms with Gasteiger partial charge in [-0.25, -0.2) is 8.78 Å². The maximum Gasteiger partial charge on any atom is 0.257 e. The summed E-state index contributed by atoms with van der Waals surface area (Å²) in [4.78, 5) is 23.8. The van der Waals surface area contributed by atoms with Gasteiger partial charge in [0.25, 0.3) is 11.8 Å². The molecule has 0 aliphatic carbocycles. The van der Waals surface area contributed by atoms with E-state index in [1.165, 1.54) is 0 Å². The average molecular weight is 323 g/mol. The van der Waals surface area contributed by atoms with E-state index >= 15 is 0 Å². The highest BCUT2D eigenvalue weighted by molar-refractivity contribution is 6.34. The van der Waals surface area contributed by atoms with Crippen molar-refractivity contribution >= 4 is 29.1 Å². The number of benzene rings is 2. The molecule has 4 nitrogen and oxygen atoms in total. The van der Waals surface area contributed by atoms with Crippen LogP contribution in [-0.2, 0) is 6.54 Å². The average Bonchev–Trinajstić information content (AvgIpc) is 2.86. The second kappa shape index (κ2) is 5.38. The molecule has 0 bridgehead atoms. The van der Waals surface area contributed by atoms with Gasteiger partial charge in [0.2, 0.25) is 0 Å². The van der Waals surface area contributed by atoms with Crippen LogP contribution in [0.15, 0.2) is 30.3 Å². The monoisotopic (exact) mass is 322 g/mol. The van der Waals surface area contributed by atoms with Gasteiger partial charge < -0.3 is 10.6 Å². The summed E-state index contributed by atoms with van der Waals surface area (Å²) in [7, 11) is 0. The van der Waals surface area contributed by atoms with Crippen LogP contribution in [0.25, 0.3) is 0 Å². The van der Waals surface area contributed by atoms with E-state index in [0.717, 1.165) is 12.1 Å². The first-order valence-corrected chi connectivity index (χ1v) is 6.71. The lowest BCUT2D eigenvalue weighted by atomic mass is 10.1. The van der Waals surface area contributed by atoms with Crippen LogP contribution >= 0.6 is 11.6 Å². The second-order valence-electron chi connectivity index (χ2n) is 4.71. The van der Waals surface area contributed by atoms with Crippen molar-refractivity contribution in [3.63, 3.8) is 0 Å². The largest absolute Gasteiger partial charge is 0.348 e. The first-order valence-electron chi connectivity index (χ1n) is 6.33. The van der Waals surface area contributed by atoms with Crippen molar-refractivity contribution in [3.05, 3.63) is 63.7 Å². The Morgan fingerprint density at radius 1 is 1.23 bits per heavy atom. The summed E-state index contributed by atoms with van der Waals surface area (Å²) >= 11 is 5.77. The van der Waals surface area contributed by atoms with E-state index in [9.17, 15) is 18.4 Å². The van der Waals surface area contributed by atoms with Gasteiger partial charge in [0.1, 0.15) is 0 Å². The molecule has 0 radical (unpaired) electrons. The summed E-state index contributed by atoms with van der Waals surface area (Å²) in [5.74, 6) is -3.20. The molecule has 2 N–H and O–H groups in total. The van der Waals surface area contributed by atoms with E-state index in [2.05, 4.69) is 10.6 Å². The third kappa shape index (κ3) is 2.42. The fraction of sp³-hybridized carbons (Fsp3) is 0.0667. The molecular formula is C15H9ClF2N2O2. The normalized spacial score (nSPS) is 12.8. The molecular weight excluding hydrogens is 314 g/mol. The van der Waals surface area contributed by atoms with Crippen molar-refractivity contribution in [2.24, 2.45) is 0 Å². The highest BCUT2D eigenvalue weighted by Crippen LogP contribution is 2.26. The SMILES string of the molecule is O=C(Nc1cccc2c1CNC2=O)c1cc(F)c(F)cc1Cl. The molecule has 0 spiro atoms. The van der Waals surface area contributed by atoms with Crippen LogP contribution in [0.3, 0.4) is 0 Å². The van der Waals surface area contributed by atoms with Crippen LogP contribution in [-0.4, -0.2) is 11.8 Å². The topological polar surface area (TPSA) is 58.2 Å². The zero-order valence-electron chi connectivity index (χ0n) is 11.0. The van der Waals surface area contributed by atoms with Gasteiger partial charge >= 0.3 is 0 Å². The molecule has 3 rings (SSSR count). The number of carbonyl (C=O) groups is 2. The summed E-state index contributed by atoms with van der Waals surface area (Å²) in [6, 6.07) is 6.35. The summed E-state index contributed by atoms with van der Waals surface area (Å²) in [6.07, 6.45) is 0. The molecule has 0 saturated carbocycles. The number of fused-ring (bicyclic) bond motifs is 1. The van der Waals surface area contributed by atoms with Crippen LogP contribution in [0.1, 0.15) is 26.3 Å². The molecule has 1 heterocycles. The Bertz CT molecular complexity index is 808. The highest BCUT2D eigenvalue weighted by atomic mass is 35.5. The van der Waals surface area contributed by atoms with Gasteiger partial charge in [-0.2, -0.15) is 0 Å². The Morgan fingerprint density at radius 3 is 2.73 bits per heavy atom. The standard InChI is InChI=1S/C15H9ClF2N2O2/c16-10-5-12(18)11(17)4-8(10)15(22)20-13-3-1-2-7-9(13)6-19-14(7)21/h1-5H,6H2,(H,19,21)(H,20,22). The molecule has 1 aliphatic heterocycles. The molecule has 112 valence electrons. The van der Waals surface area contributed by atoms with Gasteiger partial charge in [-0.05, 0) is 24.3 Å². The molecule has 1 aliphatic rings. The summed E-state index contributed by atoms with van der Waals surface area (Å²) in [5.41, 5.74) is 1.34. The predicted octanol–water partition coefficient (Wildman–Crippen LogP) is 3.11. The second-order valence-corrected chi connectivity index (χ2v) is 5.12. The third-order valence-electron chi connectivity index (χ3n) is 3.35. The molecule has 0 saturated heterocycles. The maximum atomic E-state index is 13.3. The fourth-order valence-corrected chi connectivity index (χ4v) is 2.49. The Labute approximate surface area is 129 Å². The number of nitrogens with one attached hydrogen (secondary N) is 2. The van der Waals surface area contributed by atoms with Crippen molar-refractivity contribution in [2.75, 3.05) is 5.32 Å². The zero-order chi connectivity index (χ0) is 15.9. The lowest BCUT2D eigenvalue weighted by molar-refractivity contribution is 0.0964. The Morgan fingerprint density at radius 2 is 1.95 bits per heavy atom. The smallest absolute Gasteiger partial charge is 0.257 e. The van der Waals surface area contributed by atoms with Gasteiger partial charge in [0.15, 0.2) is 11.6 Å². The number of hydrogen-bond acceptors (Lipinski definition) is 2. The first-order chi connectivity index (χ1) is 10.5. The van der Waals surface area contributed by atoms with Gasteiger partial charge in [-0.15, -0.1) is 0 Å². The van der Waals surface area contributed by atoms with Gasteiger partial charge in [-0.3, -0.25) is 9.59 Å². The number of anilines is 1. The Hall–Kier alpha value is -2.47. The predicted molar refractivity (Wildman–Crippen MR) is 76.9 cm³/mol. The Kier molecular flexibility index (Phi) is 3.54. The molecule has 2 aromatic rings. The number of carbonyl (C=O) groups excluding carboxylic acids is 2. The minimum Gasteiger partial charge on any atom is -0.348 e. The summed E-state index contributed by atoms with van der Waals surface area (Å²) in [5, 5.41) is 5.01. The van der Waals surface area contributed by atoms with Gasteiger partial charge in [0.05, 0.1) is 10.6 Å². The number of amides is 2. The third-order valence-corrected chi connectivity index (χ3v) is 3.66. The van der Waals surface area contributed by atoms with E-state index in [0.29, 0.717) is 16.8 Å². The van der Waals surface area contributed by atoms with E-state index in [-0.39, 0.29) is 23.0 Å². The fourth-order valence-electron chi connectivity index (χ4n) is 2.26. The molecule has 0 fully saturated rings. The van der Waals surface area contributed by atoms with E-state index in [1.54, 1.807) is 18.2 Å². The number of rotatable bonds is 2. The molecule has 7 heteroatoms. The summed E-state index contributed by atoms with van der Waals surface area (Å²) < 4.78 is 26.3. The number of hydrogen-bond donors (Lipinski definition) is 2. The molecule has 2 aromatic carbocycles. The molecule has 2 amide bonds. The van der Waals surface area contributed by atoms with Crippen molar-refractivity contribution in [1.29, 1.82) is 0 Å². The zero-order valence-corrected chi connectivity index (χ0v) is 11.8. The molecule has 0 atom stereocenters. The first kappa shape index (κ1) is 14.5. The van der Waals surface area contributed by atoms with Crippen LogP contribution in [0, 0.1) is 11.6 Å². The van der Waals surface area contributed by atoms with Crippen molar-refractivity contribution < 1.29 is 18.4 Å². The minimum absolute atomic E-state index is 0.185. The van der Waals surface area contributed by atoms with Crippen molar-refractivity contribution in [3.8, 4) is 0 Å². The van der Waals surface area contributed by atoms with Crippen LogP contribution in [0.5, 0.6) is 0 Å². The van der Waals surface area contributed by atoms with E-state index < -0.39 is 17.5 Å². The van der Waals surface area contributed by atoms with Crippen LogP contribution in [0.4, 0.5) is 14.5 Å². The molecule has 0 aromatic heterocycles. The minimum atomic E-state index is -1.16. The van der Waals surface area contributed by atoms with Crippen LogP contribution in [0.2, 0.25) is 5.02 Å². The summed E-state index contributed by atoms with van der Waals surface area (Å²) in [6.45, 7) is 0.288. The van der Waals surface area contributed by atoms with Crippen molar-refractivity contribution in [1.82, 2.24) is 5.32 Å². The maximum absolute atomic E-state index is 13.3. The lowest BCUT2D eigenvalue weighted by Gasteiger charge is -2.10. The molecule has 0 unspecified atom stereocenters. The highest BCUT2D eigenvalue weighted by Gasteiger charge is 2.23. The van der Waals surface area contributed by atoms with Gasteiger partial charge in [-0.1, -0.05) is 17.7 Å². The number of halogens is 3. The Balaban J connectivity index is 1.93. The van der Waals surface area contributed by atoms with E-state index in [4.69, 9.17) is 11.6 Å². The lowest BCUT2D eigenvalue weighted by Crippen LogP contribution is -2.15. The van der Waals surface area contributed by atoms with E-state index in [1.807, 2.05) is 0 Å². The van der Waals surface area contributed by atoms with Gasteiger partial charge in [0, 0.05) is 23.4 Å². The molecule has 22 heavy (non-hydrogen) atoms. The quantitative estimate of drug-likeness (QED) is 0.835.